The molecular weight excluding hydrogens is 416 g/mol. The molecule has 0 amide bonds. The van der Waals surface area contributed by atoms with Gasteiger partial charge in [0.15, 0.2) is 0 Å². The third kappa shape index (κ3) is 4.31. The predicted octanol–water partition coefficient (Wildman–Crippen LogP) is 5.01. The molecule has 0 bridgehead atoms. The van der Waals surface area contributed by atoms with Crippen LogP contribution in [-0.4, -0.2) is 43.7 Å². The van der Waals surface area contributed by atoms with Crippen LogP contribution in [0.1, 0.15) is 64.6 Å². The number of hydrogen-bond donors (Lipinski definition) is 0. The number of fused-ring (bicyclic) bond motifs is 1. The number of rotatable bonds is 5. The first-order valence-corrected chi connectivity index (χ1v) is 12.0. The van der Waals surface area contributed by atoms with Crippen LogP contribution in [0.15, 0.2) is 24.5 Å². The quantitative estimate of drug-likeness (QED) is 0.546. The van der Waals surface area contributed by atoms with Crippen molar-refractivity contribution in [3.8, 4) is 16.9 Å². The summed E-state index contributed by atoms with van der Waals surface area (Å²) in [5, 5.41) is 10.5. The van der Waals surface area contributed by atoms with Crippen molar-refractivity contribution < 1.29 is 14.3 Å². The monoisotopic (exact) mass is 450 g/mol. The van der Waals surface area contributed by atoms with E-state index in [1.165, 1.54) is 0 Å². The average molecular weight is 451 g/mol. The highest BCUT2D eigenvalue weighted by atomic mass is 16.5. The van der Waals surface area contributed by atoms with Gasteiger partial charge in [-0.15, -0.1) is 0 Å². The van der Waals surface area contributed by atoms with Crippen LogP contribution in [0.5, 0.6) is 5.75 Å². The van der Waals surface area contributed by atoms with Gasteiger partial charge < -0.3 is 9.47 Å². The SMILES string of the molecule is Cc1c2c(O[C@H](C)[C@H]3CCC(=O)C3)cc(-c3cnn([C@@H]4CCOC(C)(C)C4)c3)cc2nn1C. The van der Waals surface area contributed by atoms with Gasteiger partial charge in [-0.3, -0.25) is 14.2 Å². The first kappa shape index (κ1) is 22.1. The fraction of sp³-hybridized carbons (Fsp3) is 0.577. The van der Waals surface area contributed by atoms with Crippen molar-refractivity contribution >= 4 is 16.7 Å². The molecule has 2 aliphatic rings. The van der Waals surface area contributed by atoms with Crippen LogP contribution in [0.2, 0.25) is 0 Å². The third-order valence-corrected chi connectivity index (χ3v) is 7.43. The van der Waals surface area contributed by atoms with Gasteiger partial charge in [-0.05, 0) is 64.7 Å². The van der Waals surface area contributed by atoms with Gasteiger partial charge >= 0.3 is 0 Å². The molecule has 33 heavy (non-hydrogen) atoms. The Kier molecular flexibility index (Phi) is 5.55. The molecule has 1 aliphatic carbocycles. The zero-order valence-electron chi connectivity index (χ0n) is 20.3. The predicted molar refractivity (Wildman–Crippen MR) is 127 cm³/mol. The molecule has 1 aromatic carbocycles. The third-order valence-electron chi connectivity index (χ3n) is 7.43. The maximum atomic E-state index is 11.8. The van der Waals surface area contributed by atoms with Crippen LogP contribution in [-0.2, 0) is 16.6 Å². The summed E-state index contributed by atoms with van der Waals surface area (Å²) in [5.41, 5.74) is 3.96. The Labute approximate surface area is 195 Å². The second-order valence-electron chi connectivity index (χ2n) is 10.4. The van der Waals surface area contributed by atoms with E-state index in [1.807, 2.05) is 17.9 Å². The van der Waals surface area contributed by atoms with E-state index in [1.54, 1.807) is 0 Å². The van der Waals surface area contributed by atoms with E-state index >= 15 is 0 Å². The number of ketones is 1. The van der Waals surface area contributed by atoms with Gasteiger partial charge in [0.05, 0.1) is 34.8 Å². The first-order valence-electron chi connectivity index (χ1n) is 12.0. The second kappa shape index (κ2) is 8.28. The topological polar surface area (TPSA) is 71.2 Å². The minimum absolute atomic E-state index is 0.0262. The molecule has 7 nitrogen and oxygen atoms in total. The van der Waals surface area contributed by atoms with Crippen molar-refractivity contribution in [2.24, 2.45) is 13.0 Å². The molecule has 0 N–H and O–H groups in total. The lowest BCUT2D eigenvalue weighted by Gasteiger charge is -2.35. The van der Waals surface area contributed by atoms with Crippen molar-refractivity contribution in [1.82, 2.24) is 19.6 Å². The maximum absolute atomic E-state index is 11.8. The van der Waals surface area contributed by atoms with Gasteiger partial charge in [0, 0.05) is 49.9 Å². The largest absolute Gasteiger partial charge is 0.490 e. The van der Waals surface area contributed by atoms with E-state index in [-0.39, 0.29) is 17.6 Å². The lowest BCUT2D eigenvalue weighted by atomic mass is 9.94. The Hall–Kier alpha value is -2.67. The molecule has 1 saturated carbocycles. The number of ether oxygens (including phenoxy) is 2. The summed E-state index contributed by atoms with van der Waals surface area (Å²) in [5.74, 6) is 1.45. The Morgan fingerprint density at radius 2 is 2.06 bits per heavy atom. The number of aryl methyl sites for hydroxylation is 2. The number of hydrogen-bond acceptors (Lipinski definition) is 5. The highest BCUT2D eigenvalue weighted by Gasteiger charge is 2.31. The molecule has 5 rings (SSSR count). The zero-order valence-corrected chi connectivity index (χ0v) is 20.3. The van der Waals surface area contributed by atoms with Crippen LogP contribution in [0.3, 0.4) is 0 Å². The molecule has 3 heterocycles. The number of aromatic nitrogens is 4. The fourth-order valence-electron chi connectivity index (χ4n) is 5.35. The van der Waals surface area contributed by atoms with Gasteiger partial charge in [-0.25, -0.2) is 0 Å². The highest BCUT2D eigenvalue weighted by molar-refractivity contribution is 5.92. The van der Waals surface area contributed by atoms with Crippen LogP contribution >= 0.6 is 0 Å². The minimum atomic E-state index is -0.127. The van der Waals surface area contributed by atoms with Crippen LogP contribution in [0.4, 0.5) is 0 Å². The molecule has 2 fully saturated rings. The maximum Gasteiger partial charge on any atom is 0.133 e. The van der Waals surface area contributed by atoms with Gasteiger partial charge in [0.2, 0.25) is 0 Å². The van der Waals surface area contributed by atoms with E-state index in [0.29, 0.717) is 24.7 Å². The van der Waals surface area contributed by atoms with Gasteiger partial charge in [0.25, 0.3) is 0 Å². The summed E-state index contributed by atoms with van der Waals surface area (Å²) in [6, 6.07) is 4.56. The Bertz CT molecular complexity index is 1190. The van der Waals surface area contributed by atoms with Crippen LogP contribution in [0.25, 0.3) is 22.0 Å². The van der Waals surface area contributed by atoms with E-state index < -0.39 is 0 Å². The molecule has 7 heteroatoms. The van der Waals surface area contributed by atoms with Gasteiger partial charge in [-0.2, -0.15) is 10.2 Å². The lowest BCUT2D eigenvalue weighted by Crippen LogP contribution is -2.35. The standard InChI is InChI=1S/C26H34N4O3/c1-16-25-23(28-29(16)5)11-19(12-24(25)33-17(2)18-6-7-22(31)10-18)20-14-27-30(15-20)21-8-9-32-26(3,4)13-21/h11-12,14-15,17-18,21H,6-10,13H2,1-5H3/t17-,18+,21-/m1/s1. The van der Waals surface area contributed by atoms with Crippen LogP contribution in [0, 0.1) is 12.8 Å². The van der Waals surface area contributed by atoms with E-state index in [2.05, 4.69) is 50.7 Å². The molecule has 0 unspecified atom stereocenters. The molecule has 2 aromatic heterocycles. The number of carbonyl (C=O) groups excluding carboxylic acids is 1. The lowest BCUT2D eigenvalue weighted by molar-refractivity contribution is -0.117. The Balaban J connectivity index is 1.48. The summed E-state index contributed by atoms with van der Waals surface area (Å²) in [6.45, 7) is 9.19. The molecule has 3 atom stereocenters. The van der Waals surface area contributed by atoms with E-state index in [0.717, 1.165) is 59.3 Å². The molecule has 176 valence electrons. The Morgan fingerprint density at radius 1 is 1.24 bits per heavy atom. The fourth-order valence-corrected chi connectivity index (χ4v) is 5.35. The normalized spacial score (nSPS) is 23.8. The number of carbonyl (C=O) groups is 1. The Morgan fingerprint density at radius 3 is 2.79 bits per heavy atom. The van der Waals surface area contributed by atoms with Crippen molar-refractivity contribution in [2.75, 3.05) is 6.61 Å². The van der Waals surface area contributed by atoms with E-state index in [9.17, 15) is 4.79 Å². The van der Waals surface area contributed by atoms with Gasteiger partial charge in [-0.1, -0.05) is 0 Å². The molecule has 1 aliphatic heterocycles. The molecule has 3 aromatic rings. The number of Topliss-reactive ketones (excluding diaryl/α,β-unsaturated/α-hetero) is 1. The van der Waals surface area contributed by atoms with Crippen molar-refractivity contribution in [1.29, 1.82) is 0 Å². The van der Waals surface area contributed by atoms with Crippen molar-refractivity contribution in [2.45, 2.75) is 77.5 Å². The van der Waals surface area contributed by atoms with Crippen LogP contribution < -0.4 is 4.74 Å². The molecule has 0 radical (unpaired) electrons. The summed E-state index contributed by atoms with van der Waals surface area (Å²) in [7, 11) is 1.96. The minimum Gasteiger partial charge on any atom is -0.490 e. The summed E-state index contributed by atoms with van der Waals surface area (Å²) in [4.78, 5) is 11.8. The highest BCUT2D eigenvalue weighted by Crippen LogP contribution is 2.38. The summed E-state index contributed by atoms with van der Waals surface area (Å²) >= 11 is 0. The zero-order chi connectivity index (χ0) is 23.3. The average Bonchev–Trinajstić information content (AvgIpc) is 3.47. The van der Waals surface area contributed by atoms with Crippen molar-refractivity contribution in [3.05, 3.63) is 30.2 Å². The first-order chi connectivity index (χ1) is 15.7. The second-order valence-corrected chi connectivity index (χ2v) is 10.4. The molecule has 1 saturated heterocycles. The van der Waals surface area contributed by atoms with Gasteiger partial charge in [0.1, 0.15) is 11.5 Å². The number of nitrogens with zero attached hydrogens (tertiary/aromatic N) is 4. The molecule has 0 spiro atoms. The molecular formula is C26H34N4O3. The summed E-state index contributed by atoms with van der Waals surface area (Å²) < 4.78 is 16.4. The van der Waals surface area contributed by atoms with Crippen molar-refractivity contribution in [3.63, 3.8) is 0 Å². The summed E-state index contributed by atoms with van der Waals surface area (Å²) in [6.07, 6.45) is 8.14. The smallest absolute Gasteiger partial charge is 0.133 e. The number of benzene rings is 1. The van der Waals surface area contributed by atoms with E-state index in [4.69, 9.17) is 19.7 Å².